The van der Waals surface area contributed by atoms with Gasteiger partial charge >= 0.3 is 0 Å². The lowest BCUT2D eigenvalue weighted by molar-refractivity contribution is -0.123. The van der Waals surface area contributed by atoms with Crippen LogP contribution in [0, 0.1) is 17.2 Å². The van der Waals surface area contributed by atoms with E-state index in [0.717, 1.165) is 12.8 Å². The van der Waals surface area contributed by atoms with Crippen LogP contribution in [-0.2, 0) is 4.79 Å². The minimum atomic E-state index is -1.14. The third-order valence-electron chi connectivity index (χ3n) is 2.94. The molecule has 4 heteroatoms. The molecule has 1 rings (SSSR count). The summed E-state index contributed by atoms with van der Waals surface area (Å²) in [6.45, 7) is 5.14. The highest BCUT2D eigenvalue weighted by molar-refractivity contribution is 5.90. The molecule has 80 valence electrons. The molecule has 0 unspecified atom stereocenters. The van der Waals surface area contributed by atoms with Crippen molar-refractivity contribution < 1.29 is 9.18 Å². The third-order valence-corrected chi connectivity index (χ3v) is 2.94. The van der Waals surface area contributed by atoms with Gasteiger partial charge in [-0.15, -0.1) is 0 Å². The second-order valence-corrected chi connectivity index (χ2v) is 4.43. The maximum Gasteiger partial charge on any atom is 0.223 e. The summed E-state index contributed by atoms with van der Waals surface area (Å²) in [5.74, 6) is -1.17. The molecule has 1 fully saturated rings. The van der Waals surface area contributed by atoms with E-state index >= 15 is 0 Å². The first kappa shape index (κ1) is 11.1. The molecule has 0 aliphatic heterocycles. The first-order chi connectivity index (χ1) is 6.38. The summed E-state index contributed by atoms with van der Waals surface area (Å²) in [4.78, 5) is 11.5. The van der Waals surface area contributed by atoms with E-state index in [9.17, 15) is 9.18 Å². The summed E-state index contributed by atoms with van der Waals surface area (Å²) in [5, 5.41) is 9.67. The molecule has 1 aliphatic carbocycles. The normalized spacial score (nSPS) is 20.4. The number of hydrogen-bond acceptors (Lipinski definition) is 2. The van der Waals surface area contributed by atoms with Crippen LogP contribution in [0.3, 0.4) is 0 Å². The molecule has 0 spiro atoms. The molecule has 0 radical (unpaired) electrons. The summed E-state index contributed by atoms with van der Waals surface area (Å²) >= 11 is 0. The first-order valence-corrected chi connectivity index (χ1v) is 4.94. The van der Waals surface area contributed by atoms with Gasteiger partial charge in [0.05, 0.1) is 0 Å². The van der Waals surface area contributed by atoms with E-state index in [1.165, 1.54) is 0 Å². The molecule has 0 saturated heterocycles. The second kappa shape index (κ2) is 3.67. The lowest BCUT2D eigenvalue weighted by Crippen LogP contribution is -2.54. The molecule has 0 aromatic carbocycles. The summed E-state index contributed by atoms with van der Waals surface area (Å²) in [6.07, 6.45) is 1.78. The number of nitrogens with one attached hydrogen (secondary N) is 2. The Morgan fingerprint density at radius 2 is 2.07 bits per heavy atom. The molecule has 14 heavy (non-hydrogen) atoms. The van der Waals surface area contributed by atoms with Crippen LogP contribution in [0.4, 0.5) is 4.39 Å². The first-order valence-electron chi connectivity index (χ1n) is 4.94. The number of rotatable bonds is 4. The Balaban J connectivity index is 2.67. The van der Waals surface area contributed by atoms with Gasteiger partial charge in [-0.2, -0.15) is 4.39 Å². The van der Waals surface area contributed by atoms with Crippen LogP contribution in [0.25, 0.3) is 0 Å². The molecule has 1 amide bonds. The monoisotopic (exact) mass is 200 g/mol. The minimum absolute atomic E-state index is 0.0485. The molecule has 0 bridgehead atoms. The van der Waals surface area contributed by atoms with E-state index in [-0.39, 0.29) is 17.7 Å². The van der Waals surface area contributed by atoms with Crippen LogP contribution in [0.2, 0.25) is 0 Å². The van der Waals surface area contributed by atoms with Gasteiger partial charge in [0, 0.05) is 5.92 Å². The SMILES string of the molecule is CC(C)[C@](C)(NC(=O)C1CC1)C(=N)F. The van der Waals surface area contributed by atoms with Gasteiger partial charge in [0.2, 0.25) is 11.9 Å². The van der Waals surface area contributed by atoms with Crippen molar-refractivity contribution in [3.63, 3.8) is 0 Å². The highest BCUT2D eigenvalue weighted by Crippen LogP contribution is 2.30. The zero-order valence-electron chi connectivity index (χ0n) is 8.86. The van der Waals surface area contributed by atoms with Gasteiger partial charge < -0.3 is 5.32 Å². The van der Waals surface area contributed by atoms with E-state index < -0.39 is 11.5 Å². The van der Waals surface area contributed by atoms with Gasteiger partial charge in [-0.25, -0.2) is 0 Å². The van der Waals surface area contributed by atoms with Gasteiger partial charge in [0.15, 0.2) is 0 Å². The quantitative estimate of drug-likeness (QED) is 0.669. The number of carbonyl (C=O) groups is 1. The molecule has 0 heterocycles. The third kappa shape index (κ3) is 2.11. The van der Waals surface area contributed by atoms with Gasteiger partial charge in [-0.3, -0.25) is 10.2 Å². The van der Waals surface area contributed by atoms with Crippen molar-refractivity contribution >= 4 is 11.9 Å². The molecule has 1 atom stereocenters. The Morgan fingerprint density at radius 3 is 2.36 bits per heavy atom. The smallest absolute Gasteiger partial charge is 0.223 e. The average molecular weight is 200 g/mol. The Morgan fingerprint density at radius 1 is 1.57 bits per heavy atom. The average Bonchev–Trinajstić information content (AvgIpc) is 2.85. The predicted molar refractivity (Wildman–Crippen MR) is 52.9 cm³/mol. The Kier molecular flexibility index (Phi) is 2.92. The highest BCUT2D eigenvalue weighted by atomic mass is 19.1. The van der Waals surface area contributed by atoms with Crippen molar-refractivity contribution in [2.75, 3.05) is 0 Å². The largest absolute Gasteiger partial charge is 0.342 e. The fraction of sp³-hybridized carbons (Fsp3) is 0.800. The van der Waals surface area contributed by atoms with Crippen molar-refractivity contribution in [1.82, 2.24) is 5.32 Å². The molecule has 1 aliphatic rings. The zero-order valence-corrected chi connectivity index (χ0v) is 8.86. The molecule has 3 nitrogen and oxygen atoms in total. The van der Waals surface area contributed by atoms with E-state index in [4.69, 9.17) is 5.41 Å². The van der Waals surface area contributed by atoms with Crippen molar-refractivity contribution in [1.29, 1.82) is 5.41 Å². The molecule has 0 aromatic heterocycles. The summed E-state index contributed by atoms with van der Waals surface area (Å²) < 4.78 is 13.0. The molecule has 0 aromatic rings. The van der Waals surface area contributed by atoms with Gasteiger partial charge in [0.1, 0.15) is 5.54 Å². The van der Waals surface area contributed by atoms with Crippen molar-refractivity contribution in [3.8, 4) is 0 Å². The van der Waals surface area contributed by atoms with E-state index in [1.54, 1.807) is 20.8 Å². The lowest BCUT2D eigenvalue weighted by Gasteiger charge is -2.31. The van der Waals surface area contributed by atoms with Crippen molar-refractivity contribution in [2.45, 2.75) is 39.2 Å². The zero-order chi connectivity index (χ0) is 10.9. The van der Waals surface area contributed by atoms with Crippen LogP contribution >= 0.6 is 0 Å². The van der Waals surface area contributed by atoms with Crippen LogP contribution in [0.1, 0.15) is 33.6 Å². The summed E-state index contributed by atoms with van der Waals surface area (Å²) in [5.41, 5.74) is -1.14. The van der Waals surface area contributed by atoms with Gasteiger partial charge in [-0.05, 0) is 25.7 Å². The molecule has 1 saturated carbocycles. The van der Waals surface area contributed by atoms with Crippen LogP contribution < -0.4 is 5.32 Å². The van der Waals surface area contributed by atoms with E-state index in [1.807, 2.05) is 0 Å². The second-order valence-electron chi connectivity index (χ2n) is 4.43. The summed E-state index contributed by atoms with van der Waals surface area (Å²) in [6, 6.07) is 0. The molecular weight excluding hydrogens is 183 g/mol. The number of hydrogen-bond donors (Lipinski definition) is 2. The van der Waals surface area contributed by atoms with Gasteiger partial charge in [-0.1, -0.05) is 13.8 Å². The van der Waals surface area contributed by atoms with Crippen molar-refractivity contribution in [3.05, 3.63) is 0 Å². The Bertz CT molecular complexity index is 261. The maximum absolute atomic E-state index is 13.0. The predicted octanol–water partition coefficient (Wildman–Crippen LogP) is 1.87. The number of carbonyl (C=O) groups excluding carboxylic acids is 1. The van der Waals surface area contributed by atoms with Gasteiger partial charge in [0.25, 0.3) is 0 Å². The Hall–Kier alpha value is -0.930. The fourth-order valence-corrected chi connectivity index (χ4v) is 1.16. The molecular formula is C10H17FN2O. The number of amides is 1. The standard InChI is InChI=1S/C10H17FN2O/c1-6(2)10(3,9(11)12)13-8(14)7-4-5-7/h6-7,12H,4-5H2,1-3H3,(H,13,14)/t10-/m0/s1. The van der Waals surface area contributed by atoms with Crippen LogP contribution in [-0.4, -0.2) is 17.4 Å². The number of halogens is 1. The maximum atomic E-state index is 13.0. The molecule has 2 N–H and O–H groups in total. The summed E-state index contributed by atoms with van der Waals surface area (Å²) in [7, 11) is 0. The highest BCUT2D eigenvalue weighted by Gasteiger charge is 2.39. The van der Waals surface area contributed by atoms with Crippen molar-refractivity contribution in [2.24, 2.45) is 11.8 Å². The lowest BCUT2D eigenvalue weighted by atomic mass is 9.88. The fourth-order valence-electron chi connectivity index (χ4n) is 1.16. The minimum Gasteiger partial charge on any atom is -0.342 e. The topological polar surface area (TPSA) is 53.0 Å². The Labute approximate surface area is 83.6 Å². The van der Waals surface area contributed by atoms with Crippen LogP contribution in [0.15, 0.2) is 0 Å². The van der Waals surface area contributed by atoms with Crippen LogP contribution in [0.5, 0.6) is 0 Å². The van der Waals surface area contributed by atoms with E-state index in [2.05, 4.69) is 5.32 Å². The van der Waals surface area contributed by atoms with E-state index in [0.29, 0.717) is 0 Å².